The Labute approximate surface area is 96.7 Å². The van der Waals surface area contributed by atoms with Gasteiger partial charge in [0.1, 0.15) is 6.61 Å². The lowest BCUT2D eigenvalue weighted by Crippen LogP contribution is -2.32. The van der Waals surface area contributed by atoms with Crippen molar-refractivity contribution < 1.29 is 9.53 Å². The quantitative estimate of drug-likeness (QED) is 0.679. The molecular weight excluding hydrogens is 214 g/mol. The first-order valence-electron chi connectivity index (χ1n) is 5.58. The molecule has 0 aromatic carbocycles. The molecule has 0 aromatic rings. The molecule has 1 rings (SSSR count). The molecule has 1 atom stereocenters. The second kappa shape index (κ2) is 6.33. The van der Waals surface area contributed by atoms with Crippen molar-refractivity contribution in [1.29, 1.82) is 0 Å². The third-order valence-corrected chi connectivity index (χ3v) is 2.91. The summed E-state index contributed by atoms with van der Waals surface area (Å²) in [5, 5.41) is 0. The van der Waals surface area contributed by atoms with Crippen molar-refractivity contribution in [3.05, 3.63) is 0 Å². The number of hydrogen-bond donors (Lipinski definition) is 0. The number of alkyl halides is 1. The molecule has 3 nitrogen and oxygen atoms in total. The second-order valence-corrected chi connectivity index (χ2v) is 4.71. The van der Waals surface area contributed by atoms with Gasteiger partial charge in [-0.1, -0.05) is 0 Å². The highest BCUT2D eigenvalue weighted by Gasteiger charge is 2.25. The van der Waals surface area contributed by atoms with Gasteiger partial charge in [0.05, 0.1) is 6.10 Å². The molecule has 88 valence electrons. The molecule has 1 aliphatic rings. The molecular formula is C11H20ClNO2. The van der Waals surface area contributed by atoms with Crippen molar-refractivity contribution in [1.82, 2.24) is 4.90 Å². The Balaban J connectivity index is 2.24. The van der Waals surface area contributed by atoms with Crippen LogP contribution in [0.4, 0.5) is 0 Å². The van der Waals surface area contributed by atoms with Crippen molar-refractivity contribution in [2.45, 2.75) is 32.8 Å². The van der Waals surface area contributed by atoms with Gasteiger partial charge in [-0.15, -0.1) is 11.6 Å². The van der Waals surface area contributed by atoms with Crippen LogP contribution in [0.25, 0.3) is 0 Å². The summed E-state index contributed by atoms with van der Waals surface area (Å²) >= 11 is 5.68. The Bertz CT molecular complexity index is 209. The number of hydrogen-bond acceptors (Lipinski definition) is 2. The van der Waals surface area contributed by atoms with E-state index in [2.05, 4.69) is 0 Å². The largest absolute Gasteiger partial charge is 0.369 e. The van der Waals surface area contributed by atoms with E-state index >= 15 is 0 Å². The molecule has 0 saturated carbocycles. The maximum atomic E-state index is 11.7. The molecule has 0 N–H and O–H groups in total. The standard InChI is InChI=1S/C11H20ClNO2/c1-9(2)15-8-11(14)13-6-4-10(7-13)3-5-12/h9-10H,3-8H2,1-2H3. The smallest absolute Gasteiger partial charge is 0.248 e. The van der Waals surface area contributed by atoms with Crippen molar-refractivity contribution in [2.24, 2.45) is 5.92 Å². The molecule has 1 heterocycles. The lowest BCUT2D eigenvalue weighted by Gasteiger charge is -2.17. The average Bonchev–Trinajstić information content (AvgIpc) is 2.63. The van der Waals surface area contributed by atoms with E-state index in [0.717, 1.165) is 25.9 Å². The van der Waals surface area contributed by atoms with Crippen LogP contribution in [0.5, 0.6) is 0 Å². The highest BCUT2D eigenvalue weighted by atomic mass is 35.5. The van der Waals surface area contributed by atoms with Gasteiger partial charge in [-0.2, -0.15) is 0 Å². The van der Waals surface area contributed by atoms with E-state index in [4.69, 9.17) is 16.3 Å². The summed E-state index contributed by atoms with van der Waals surface area (Å²) in [5.74, 6) is 1.39. The van der Waals surface area contributed by atoms with Gasteiger partial charge in [0.25, 0.3) is 0 Å². The SMILES string of the molecule is CC(C)OCC(=O)N1CCC(CCCl)C1. The van der Waals surface area contributed by atoms with Gasteiger partial charge in [0.2, 0.25) is 5.91 Å². The third kappa shape index (κ3) is 4.39. The molecule has 0 spiro atoms. The van der Waals surface area contributed by atoms with Crippen LogP contribution < -0.4 is 0 Å². The fourth-order valence-electron chi connectivity index (χ4n) is 1.78. The molecule has 4 heteroatoms. The maximum absolute atomic E-state index is 11.7. The average molecular weight is 234 g/mol. The van der Waals surface area contributed by atoms with Crippen molar-refractivity contribution in [2.75, 3.05) is 25.6 Å². The van der Waals surface area contributed by atoms with Gasteiger partial charge >= 0.3 is 0 Å². The zero-order valence-electron chi connectivity index (χ0n) is 9.54. The summed E-state index contributed by atoms with van der Waals surface area (Å²) in [6.45, 7) is 5.81. The van der Waals surface area contributed by atoms with E-state index in [1.165, 1.54) is 0 Å². The molecule has 0 aromatic heterocycles. The number of halogens is 1. The zero-order chi connectivity index (χ0) is 11.3. The van der Waals surface area contributed by atoms with Gasteiger partial charge in [-0.05, 0) is 32.6 Å². The fourth-order valence-corrected chi connectivity index (χ4v) is 2.09. The van der Waals surface area contributed by atoms with Crippen LogP contribution in [-0.4, -0.2) is 42.5 Å². The van der Waals surface area contributed by atoms with Crippen molar-refractivity contribution in [3.8, 4) is 0 Å². The molecule has 1 saturated heterocycles. The summed E-state index contributed by atoms with van der Waals surface area (Å²) in [4.78, 5) is 13.6. The summed E-state index contributed by atoms with van der Waals surface area (Å²) in [6.07, 6.45) is 2.21. The van der Waals surface area contributed by atoms with Crippen molar-refractivity contribution >= 4 is 17.5 Å². The van der Waals surface area contributed by atoms with E-state index < -0.39 is 0 Å². The van der Waals surface area contributed by atoms with Gasteiger partial charge in [0.15, 0.2) is 0 Å². The second-order valence-electron chi connectivity index (χ2n) is 4.33. The predicted octanol–water partition coefficient (Wildman–Crippen LogP) is 1.89. The van der Waals surface area contributed by atoms with Gasteiger partial charge < -0.3 is 9.64 Å². The predicted molar refractivity (Wildman–Crippen MR) is 61.1 cm³/mol. The van der Waals surface area contributed by atoms with Gasteiger partial charge in [-0.25, -0.2) is 0 Å². The minimum absolute atomic E-state index is 0.112. The number of rotatable bonds is 5. The minimum atomic E-state index is 0.112. The normalized spacial score (nSPS) is 21.3. The highest BCUT2D eigenvalue weighted by molar-refractivity contribution is 6.17. The van der Waals surface area contributed by atoms with E-state index in [-0.39, 0.29) is 18.6 Å². The van der Waals surface area contributed by atoms with Gasteiger partial charge in [-0.3, -0.25) is 4.79 Å². The lowest BCUT2D eigenvalue weighted by molar-refractivity contribution is -0.136. The van der Waals surface area contributed by atoms with Gasteiger partial charge in [0, 0.05) is 19.0 Å². The number of carbonyl (C=O) groups excluding carboxylic acids is 1. The Morgan fingerprint density at radius 3 is 2.93 bits per heavy atom. The summed E-state index contributed by atoms with van der Waals surface area (Å²) in [6, 6.07) is 0. The van der Waals surface area contributed by atoms with E-state index in [1.807, 2.05) is 18.7 Å². The molecule has 1 amide bonds. The monoisotopic (exact) mass is 233 g/mol. The van der Waals surface area contributed by atoms with Crippen LogP contribution in [0.1, 0.15) is 26.7 Å². The minimum Gasteiger partial charge on any atom is -0.369 e. The molecule has 15 heavy (non-hydrogen) atoms. The molecule has 1 unspecified atom stereocenters. The topological polar surface area (TPSA) is 29.5 Å². The first-order valence-corrected chi connectivity index (χ1v) is 6.12. The fraction of sp³-hybridized carbons (Fsp3) is 0.909. The first kappa shape index (κ1) is 12.8. The molecule has 0 radical (unpaired) electrons. The summed E-state index contributed by atoms with van der Waals surface area (Å²) in [7, 11) is 0. The zero-order valence-corrected chi connectivity index (χ0v) is 10.3. The molecule has 0 bridgehead atoms. The Morgan fingerprint density at radius 2 is 2.33 bits per heavy atom. The van der Waals surface area contributed by atoms with Crippen LogP contribution in [0, 0.1) is 5.92 Å². The third-order valence-electron chi connectivity index (χ3n) is 2.70. The number of likely N-dealkylation sites (tertiary alicyclic amines) is 1. The molecule has 0 aliphatic carbocycles. The van der Waals surface area contributed by atoms with Crippen molar-refractivity contribution in [3.63, 3.8) is 0 Å². The summed E-state index contributed by atoms with van der Waals surface area (Å²) in [5.41, 5.74) is 0. The van der Waals surface area contributed by atoms with E-state index in [1.54, 1.807) is 0 Å². The highest BCUT2D eigenvalue weighted by Crippen LogP contribution is 2.19. The number of ether oxygens (including phenoxy) is 1. The Kier molecular flexibility index (Phi) is 5.40. The molecule has 1 fully saturated rings. The maximum Gasteiger partial charge on any atom is 0.248 e. The molecule has 1 aliphatic heterocycles. The van der Waals surface area contributed by atoms with E-state index in [9.17, 15) is 4.79 Å². The van der Waals surface area contributed by atoms with Crippen LogP contribution >= 0.6 is 11.6 Å². The number of amides is 1. The number of nitrogens with zero attached hydrogens (tertiary/aromatic N) is 1. The summed E-state index contributed by atoms with van der Waals surface area (Å²) < 4.78 is 5.29. The van der Waals surface area contributed by atoms with Crippen LogP contribution in [0.2, 0.25) is 0 Å². The van der Waals surface area contributed by atoms with E-state index in [0.29, 0.717) is 11.8 Å². The Hall–Kier alpha value is -0.280. The van der Waals surface area contributed by atoms with Crippen LogP contribution in [-0.2, 0) is 9.53 Å². The Morgan fingerprint density at radius 1 is 1.60 bits per heavy atom. The van der Waals surface area contributed by atoms with Crippen LogP contribution in [0.3, 0.4) is 0 Å². The number of carbonyl (C=O) groups is 1. The first-order chi connectivity index (χ1) is 7.13. The lowest BCUT2D eigenvalue weighted by atomic mass is 10.1. The van der Waals surface area contributed by atoms with Crippen LogP contribution in [0.15, 0.2) is 0 Å².